The number of anilines is 1. The second-order valence-corrected chi connectivity index (χ2v) is 8.66. The highest BCUT2D eigenvalue weighted by Gasteiger charge is 2.20. The van der Waals surface area contributed by atoms with Crippen LogP contribution in [0, 0.1) is 0 Å². The number of primary sulfonamides is 1. The van der Waals surface area contributed by atoms with Crippen molar-refractivity contribution in [2.45, 2.75) is 30.3 Å². The van der Waals surface area contributed by atoms with Crippen molar-refractivity contribution in [3.8, 4) is 0 Å². The number of amides is 1. The highest BCUT2D eigenvalue weighted by molar-refractivity contribution is 7.89. The van der Waals surface area contributed by atoms with Gasteiger partial charge in [0.25, 0.3) is 0 Å². The number of sulfonamides is 1. The van der Waals surface area contributed by atoms with Crippen LogP contribution in [0.1, 0.15) is 24.1 Å². The summed E-state index contributed by atoms with van der Waals surface area (Å²) in [6.07, 6.45) is 0.742. The van der Waals surface area contributed by atoms with Crippen molar-refractivity contribution < 1.29 is 13.2 Å². The summed E-state index contributed by atoms with van der Waals surface area (Å²) in [5.41, 5.74) is 2.77. The molecule has 6 nitrogen and oxygen atoms in total. The molecule has 2 unspecified atom stereocenters. The number of hydrogen-bond acceptors (Lipinski definition) is 4. The average molecular weight is 424 g/mol. The summed E-state index contributed by atoms with van der Waals surface area (Å²) >= 11 is 0. The van der Waals surface area contributed by atoms with Crippen molar-refractivity contribution in [2.75, 3.05) is 5.32 Å². The third kappa shape index (κ3) is 6.00. The van der Waals surface area contributed by atoms with E-state index in [9.17, 15) is 13.2 Å². The minimum absolute atomic E-state index is 0.00123. The lowest BCUT2D eigenvalue weighted by Gasteiger charge is -2.24. The maximum absolute atomic E-state index is 12.7. The molecule has 0 bridgehead atoms. The van der Waals surface area contributed by atoms with Crippen LogP contribution in [0.3, 0.4) is 0 Å². The zero-order chi connectivity index (χ0) is 21.6. The Morgan fingerprint density at radius 3 is 2.03 bits per heavy atom. The number of hydrogen-bond donors (Lipinski definition) is 3. The van der Waals surface area contributed by atoms with E-state index in [0.29, 0.717) is 5.69 Å². The van der Waals surface area contributed by atoms with E-state index in [1.54, 1.807) is 6.92 Å². The van der Waals surface area contributed by atoms with Crippen LogP contribution in [0.4, 0.5) is 5.69 Å². The second-order valence-electron chi connectivity index (χ2n) is 7.10. The van der Waals surface area contributed by atoms with E-state index in [1.807, 2.05) is 48.5 Å². The molecule has 30 heavy (non-hydrogen) atoms. The van der Waals surface area contributed by atoms with Crippen LogP contribution in [0.2, 0.25) is 0 Å². The summed E-state index contributed by atoms with van der Waals surface area (Å²) in [5, 5.41) is 11.3. The topological polar surface area (TPSA) is 101 Å². The molecule has 0 aliphatic heterocycles. The van der Waals surface area contributed by atoms with Crippen LogP contribution in [0.15, 0.2) is 89.8 Å². The molecule has 0 fully saturated rings. The van der Waals surface area contributed by atoms with Gasteiger partial charge in [0.15, 0.2) is 0 Å². The fourth-order valence-electron chi connectivity index (χ4n) is 3.16. The smallest absolute Gasteiger partial charge is 0.241 e. The number of nitrogens with two attached hydrogens (primary N) is 1. The van der Waals surface area contributed by atoms with Gasteiger partial charge in [-0.05, 0) is 48.7 Å². The lowest BCUT2D eigenvalue weighted by molar-refractivity contribution is -0.118. The van der Waals surface area contributed by atoms with Gasteiger partial charge in [0.1, 0.15) is 0 Å². The van der Waals surface area contributed by atoms with E-state index in [4.69, 9.17) is 5.14 Å². The Labute approximate surface area is 177 Å². The van der Waals surface area contributed by atoms with Gasteiger partial charge in [0, 0.05) is 11.7 Å². The van der Waals surface area contributed by atoms with Crippen LogP contribution in [-0.4, -0.2) is 20.4 Å². The van der Waals surface area contributed by atoms with Crippen molar-refractivity contribution in [2.24, 2.45) is 5.14 Å². The molecule has 0 spiro atoms. The molecule has 0 heterocycles. The largest absolute Gasteiger partial charge is 0.325 e. The van der Waals surface area contributed by atoms with E-state index in [1.165, 1.54) is 29.8 Å². The van der Waals surface area contributed by atoms with E-state index >= 15 is 0 Å². The number of carbonyl (C=O) groups excluding carboxylic acids is 1. The molecule has 0 saturated carbocycles. The normalized spacial score (nSPS) is 13.4. The average Bonchev–Trinajstić information content (AvgIpc) is 2.74. The zero-order valence-electron chi connectivity index (χ0n) is 16.7. The first-order valence-corrected chi connectivity index (χ1v) is 11.2. The summed E-state index contributed by atoms with van der Waals surface area (Å²) in [5.74, 6) is -0.215. The molecule has 0 saturated heterocycles. The minimum atomic E-state index is -3.77. The van der Waals surface area contributed by atoms with Crippen molar-refractivity contribution in [1.82, 2.24) is 5.32 Å². The summed E-state index contributed by atoms with van der Waals surface area (Å²) in [4.78, 5) is 12.7. The van der Waals surface area contributed by atoms with Crippen molar-refractivity contribution in [3.63, 3.8) is 0 Å². The Morgan fingerprint density at radius 2 is 1.47 bits per heavy atom. The molecule has 3 aromatic carbocycles. The Kier molecular flexibility index (Phi) is 6.99. The summed E-state index contributed by atoms with van der Waals surface area (Å²) in [6.45, 7) is 1.80. The van der Waals surface area contributed by atoms with E-state index in [2.05, 4.69) is 22.8 Å². The zero-order valence-corrected chi connectivity index (χ0v) is 17.5. The Hall–Kier alpha value is -3.00. The third-order valence-corrected chi connectivity index (χ3v) is 5.71. The Morgan fingerprint density at radius 1 is 0.900 bits per heavy atom. The molecule has 3 rings (SSSR count). The number of benzene rings is 3. The highest BCUT2D eigenvalue weighted by atomic mass is 32.2. The first-order chi connectivity index (χ1) is 14.3. The van der Waals surface area contributed by atoms with Crippen molar-refractivity contribution in [1.29, 1.82) is 0 Å². The minimum Gasteiger partial charge on any atom is -0.325 e. The van der Waals surface area contributed by atoms with Gasteiger partial charge in [-0.1, -0.05) is 60.7 Å². The Bertz CT molecular complexity index is 1070. The maximum Gasteiger partial charge on any atom is 0.241 e. The van der Waals surface area contributed by atoms with Gasteiger partial charge < -0.3 is 5.32 Å². The lowest BCUT2D eigenvalue weighted by atomic mass is 9.98. The van der Waals surface area contributed by atoms with Crippen LogP contribution < -0.4 is 15.8 Å². The molecular formula is C23H25N3O3S. The highest BCUT2D eigenvalue weighted by Crippen LogP contribution is 2.20. The van der Waals surface area contributed by atoms with Gasteiger partial charge in [-0.3, -0.25) is 10.1 Å². The van der Waals surface area contributed by atoms with E-state index in [-0.39, 0.29) is 16.8 Å². The van der Waals surface area contributed by atoms with Crippen molar-refractivity contribution in [3.05, 3.63) is 96.1 Å². The van der Waals surface area contributed by atoms with Gasteiger partial charge in [-0.25, -0.2) is 13.6 Å². The molecule has 3 aromatic rings. The molecular weight excluding hydrogens is 398 g/mol. The van der Waals surface area contributed by atoms with Gasteiger partial charge >= 0.3 is 0 Å². The van der Waals surface area contributed by atoms with Crippen LogP contribution in [0.25, 0.3) is 0 Å². The van der Waals surface area contributed by atoms with Gasteiger partial charge in [-0.2, -0.15) is 0 Å². The van der Waals surface area contributed by atoms with Crippen LogP contribution >= 0.6 is 0 Å². The monoisotopic (exact) mass is 423 g/mol. The lowest BCUT2D eigenvalue weighted by Crippen LogP contribution is -2.40. The summed E-state index contributed by atoms with van der Waals surface area (Å²) in [6, 6.07) is 25.4. The summed E-state index contributed by atoms with van der Waals surface area (Å²) in [7, 11) is -3.77. The molecule has 0 aliphatic rings. The first-order valence-electron chi connectivity index (χ1n) is 9.61. The van der Waals surface area contributed by atoms with Gasteiger partial charge in [-0.15, -0.1) is 0 Å². The number of carbonyl (C=O) groups is 1. The molecule has 0 radical (unpaired) electrons. The molecule has 4 N–H and O–H groups in total. The standard InChI is InChI=1S/C23H25N3O3S/c1-17(23(27)26-20-12-14-21(15-13-20)30(24,28)29)25-22(19-10-6-3-7-11-19)16-18-8-4-2-5-9-18/h2-15,17,22,25H,16H2,1H3,(H,26,27)(H2,24,28,29). The molecule has 7 heteroatoms. The fourth-order valence-corrected chi connectivity index (χ4v) is 3.68. The molecule has 2 atom stereocenters. The van der Waals surface area contributed by atoms with E-state index < -0.39 is 16.1 Å². The SMILES string of the molecule is CC(NC(Cc1ccccc1)c1ccccc1)C(=O)Nc1ccc(S(N)(=O)=O)cc1. The van der Waals surface area contributed by atoms with Crippen molar-refractivity contribution >= 4 is 21.6 Å². The first kappa shape index (κ1) is 21.7. The quantitative estimate of drug-likeness (QED) is 0.518. The van der Waals surface area contributed by atoms with Gasteiger partial charge in [0.05, 0.1) is 10.9 Å². The van der Waals surface area contributed by atoms with E-state index in [0.717, 1.165) is 12.0 Å². The Balaban J connectivity index is 1.70. The number of nitrogens with one attached hydrogen (secondary N) is 2. The number of rotatable bonds is 8. The maximum atomic E-state index is 12.7. The third-order valence-electron chi connectivity index (χ3n) is 4.78. The van der Waals surface area contributed by atoms with Crippen LogP contribution in [0.5, 0.6) is 0 Å². The second kappa shape index (κ2) is 9.67. The molecule has 0 aliphatic carbocycles. The van der Waals surface area contributed by atoms with Crippen LogP contribution in [-0.2, 0) is 21.2 Å². The van der Waals surface area contributed by atoms with Gasteiger partial charge in [0.2, 0.25) is 15.9 Å². The molecule has 1 amide bonds. The molecule has 156 valence electrons. The predicted octanol–water partition coefficient (Wildman–Crippen LogP) is 3.23. The summed E-state index contributed by atoms with van der Waals surface area (Å²) < 4.78 is 22.7. The molecule has 0 aromatic heterocycles. The fraction of sp³-hybridized carbons (Fsp3) is 0.174. The predicted molar refractivity (Wildman–Crippen MR) is 118 cm³/mol.